The van der Waals surface area contributed by atoms with Crippen molar-refractivity contribution in [1.82, 2.24) is 0 Å². The van der Waals surface area contributed by atoms with Crippen LogP contribution in [0.25, 0.3) is 5.76 Å². The second-order valence-electron chi connectivity index (χ2n) is 7.32. The van der Waals surface area contributed by atoms with Crippen LogP contribution in [-0.2, 0) is 14.9 Å². The van der Waals surface area contributed by atoms with Crippen LogP contribution in [0, 0.1) is 0 Å². The molecule has 2 aromatic rings. The number of nitrogens with zero attached hydrogens (tertiary/aromatic N) is 2. The number of carbonyl (C=O) groups excluding carboxylic acids is 1. The van der Waals surface area contributed by atoms with Gasteiger partial charge in [-0.3, -0.25) is 9.79 Å². The van der Waals surface area contributed by atoms with Gasteiger partial charge in [0, 0.05) is 47.2 Å². The molecule has 0 saturated heterocycles. The summed E-state index contributed by atoms with van der Waals surface area (Å²) in [6.07, 6.45) is 3.34. The van der Waals surface area contributed by atoms with Crippen molar-refractivity contribution < 1.29 is 9.53 Å². The topological polar surface area (TPSA) is 41.9 Å². The highest BCUT2D eigenvalue weighted by molar-refractivity contribution is 6.52. The molecule has 27 heavy (non-hydrogen) atoms. The number of likely N-dealkylation sites (N-methyl/N-ethyl adjacent to an activating group) is 1. The minimum atomic E-state index is -0.180. The number of para-hydroxylation sites is 1. The van der Waals surface area contributed by atoms with E-state index in [2.05, 4.69) is 41.9 Å². The lowest BCUT2D eigenvalue weighted by Crippen LogP contribution is -2.24. The Morgan fingerprint density at radius 1 is 1.04 bits per heavy atom. The van der Waals surface area contributed by atoms with Gasteiger partial charge in [-0.1, -0.05) is 56.3 Å². The van der Waals surface area contributed by atoms with Crippen molar-refractivity contribution in [2.24, 2.45) is 4.99 Å². The number of aliphatic imine (C=N–C) groups is 1. The van der Waals surface area contributed by atoms with Crippen molar-refractivity contribution in [2.75, 3.05) is 19.1 Å². The molecule has 0 radical (unpaired) electrons. The number of ether oxygens (including phenoxy) is 1. The summed E-state index contributed by atoms with van der Waals surface area (Å²) < 4.78 is 5.37. The Labute approximate surface area is 159 Å². The first kappa shape index (κ1) is 17.3. The van der Waals surface area contributed by atoms with E-state index in [-0.39, 0.29) is 11.2 Å². The molecule has 1 aliphatic carbocycles. The molecule has 0 N–H and O–H groups in total. The van der Waals surface area contributed by atoms with E-state index in [1.165, 1.54) is 17.3 Å². The van der Waals surface area contributed by atoms with E-state index in [1.807, 2.05) is 43.6 Å². The number of ketones is 1. The fraction of sp³-hybridized carbons (Fsp3) is 0.217. The molecule has 4 rings (SSSR count). The first-order valence-corrected chi connectivity index (χ1v) is 8.96. The number of rotatable bonds is 2. The second kappa shape index (κ2) is 6.23. The molecule has 0 amide bonds. The fourth-order valence-electron chi connectivity index (χ4n) is 3.96. The number of hydrogen-bond acceptors (Lipinski definition) is 4. The summed E-state index contributed by atoms with van der Waals surface area (Å²) in [5.41, 5.74) is 5.44. The van der Waals surface area contributed by atoms with Crippen LogP contribution in [0.5, 0.6) is 0 Å². The highest BCUT2D eigenvalue weighted by Gasteiger charge is 2.38. The van der Waals surface area contributed by atoms with Crippen LogP contribution < -0.4 is 4.90 Å². The van der Waals surface area contributed by atoms with Gasteiger partial charge in [-0.15, -0.1) is 0 Å². The van der Waals surface area contributed by atoms with Crippen LogP contribution in [-0.4, -0.2) is 25.7 Å². The molecule has 0 bridgehead atoms. The number of fused-ring (bicyclic) bond motifs is 2. The quantitative estimate of drug-likeness (QED) is 0.803. The summed E-state index contributed by atoms with van der Waals surface area (Å²) in [6.45, 7) is 4.36. The van der Waals surface area contributed by atoms with Gasteiger partial charge in [-0.05, 0) is 11.6 Å². The predicted molar refractivity (Wildman–Crippen MR) is 109 cm³/mol. The maximum atomic E-state index is 12.7. The van der Waals surface area contributed by atoms with E-state index in [0.29, 0.717) is 11.5 Å². The highest BCUT2D eigenvalue weighted by atomic mass is 16.5. The lowest BCUT2D eigenvalue weighted by Gasteiger charge is -2.23. The molecule has 0 spiro atoms. The molecule has 4 nitrogen and oxygen atoms in total. The van der Waals surface area contributed by atoms with Gasteiger partial charge in [0.1, 0.15) is 11.5 Å². The number of benzene rings is 2. The summed E-state index contributed by atoms with van der Waals surface area (Å²) in [4.78, 5) is 19.5. The Balaban J connectivity index is 1.82. The summed E-state index contributed by atoms with van der Waals surface area (Å²) in [5.74, 6) is 0.436. The monoisotopic (exact) mass is 358 g/mol. The summed E-state index contributed by atoms with van der Waals surface area (Å²) in [5, 5.41) is 0. The first-order chi connectivity index (χ1) is 12.9. The van der Waals surface area contributed by atoms with Gasteiger partial charge in [0.2, 0.25) is 5.78 Å². The maximum Gasteiger partial charge on any atom is 0.208 e. The Hall–Kier alpha value is -3.14. The molecule has 0 saturated carbocycles. The molecule has 2 aliphatic rings. The van der Waals surface area contributed by atoms with Gasteiger partial charge in [-0.2, -0.15) is 0 Å². The number of anilines is 1. The van der Waals surface area contributed by atoms with Crippen molar-refractivity contribution in [1.29, 1.82) is 0 Å². The molecule has 1 heterocycles. The lowest BCUT2D eigenvalue weighted by atomic mass is 9.84. The smallest absolute Gasteiger partial charge is 0.208 e. The van der Waals surface area contributed by atoms with E-state index in [4.69, 9.17) is 4.74 Å². The minimum absolute atomic E-state index is 0.140. The number of hydrogen-bond donors (Lipinski definition) is 0. The third-order valence-corrected chi connectivity index (χ3v) is 5.42. The molecule has 0 fully saturated rings. The zero-order valence-corrected chi connectivity index (χ0v) is 16.0. The van der Waals surface area contributed by atoms with E-state index < -0.39 is 0 Å². The second-order valence-corrected chi connectivity index (χ2v) is 7.32. The Kier molecular flexibility index (Phi) is 3.99. The zero-order chi connectivity index (χ0) is 19.2. The summed E-state index contributed by atoms with van der Waals surface area (Å²) >= 11 is 0. The van der Waals surface area contributed by atoms with E-state index in [0.717, 1.165) is 16.8 Å². The van der Waals surface area contributed by atoms with E-state index in [9.17, 15) is 4.79 Å². The predicted octanol–water partition coefficient (Wildman–Crippen LogP) is 4.31. The Morgan fingerprint density at radius 3 is 2.41 bits per heavy atom. The van der Waals surface area contributed by atoms with Gasteiger partial charge in [0.15, 0.2) is 0 Å². The zero-order valence-electron chi connectivity index (χ0n) is 16.0. The Morgan fingerprint density at radius 2 is 1.70 bits per heavy atom. The molecule has 136 valence electrons. The third-order valence-electron chi connectivity index (χ3n) is 5.42. The van der Waals surface area contributed by atoms with Crippen LogP contribution in [0.15, 0.2) is 71.5 Å². The molecule has 0 aromatic heterocycles. The van der Waals surface area contributed by atoms with E-state index >= 15 is 0 Å². The number of carbonyl (C=O) groups is 1. The van der Waals surface area contributed by atoms with Crippen LogP contribution in [0.3, 0.4) is 0 Å². The average Bonchev–Trinajstić information content (AvgIpc) is 2.87. The third kappa shape index (κ3) is 2.60. The highest BCUT2D eigenvalue weighted by Crippen LogP contribution is 2.46. The van der Waals surface area contributed by atoms with Crippen LogP contribution in [0.2, 0.25) is 0 Å². The fourth-order valence-corrected chi connectivity index (χ4v) is 3.96. The van der Waals surface area contributed by atoms with Crippen molar-refractivity contribution in [3.05, 3.63) is 83.2 Å². The maximum absolute atomic E-state index is 12.7. The van der Waals surface area contributed by atoms with E-state index in [1.54, 1.807) is 7.11 Å². The van der Waals surface area contributed by atoms with Crippen LogP contribution in [0.1, 0.15) is 30.5 Å². The van der Waals surface area contributed by atoms with Crippen molar-refractivity contribution in [3.63, 3.8) is 0 Å². The number of allylic oxidation sites excluding steroid dienone is 2. The molecular formula is C23H22N2O2. The molecule has 2 aromatic carbocycles. The van der Waals surface area contributed by atoms with Gasteiger partial charge in [-0.25, -0.2) is 0 Å². The summed E-state index contributed by atoms with van der Waals surface area (Å²) in [6, 6.07) is 16.1. The molecule has 4 heteroatoms. The largest absolute Gasteiger partial charge is 0.496 e. The van der Waals surface area contributed by atoms with Crippen molar-refractivity contribution >= 4 is 22.9 Å². The average molecular weight is 358 g/mol. The number of methoxy groups -OCH3 is 1. The van der Waals surface area contributed by atoms with Crippen LogP contribution in [0.4, 0.5) is 5.69 Å². The first-order valence-electron chi connectivity index (χ1n) is 8.96. The van der Waals surface area contributed by atoms with Crippen molar-refractivity contribution in [2.45, 2.75) is 19.3 Å². The normalized spacial score (nSPS) is 20.5. The van der Waals surface area contributed by atoms with Gasteiger partial charge in [0.25, 0.3) is 0 Å². The SMILES string of the molecule is COC1=CC(=O)C(=N/C=C2\N(C)c3ccccc3C2(C)C)c2ccccc21. The lowest BCUT2D eigenvalue weighted by molar-refractivity contribution is -0.108. The summed E-state index contributed by atoms with van der Waals surface area (Å²) in [7, 11) is 3.62. The van der Waals surface area contributed by atoms with Gasteiger partial charge in [0.05, 0.1) is 7.11 Å². The standard InChI is InChI=1S/C23H22N2O2/c1-23(2)17-11-7-8-12-18(17)25(3)21(23)14-24-22-16-10-6-5-9-15(16)20(27-4)13-19(22)26/h5-14H,1-4H3/b21-14-,24-22?. The Bertz CT molecular complexity index is 1030. The molecular weight excluding hydrogens is 336 g/mol. The van der Waals surface area contributed by atoms with Crippen molar-refractivity contribution in [3.8, 4) is 0 Å². The van der Waals surface area contributed by atoms with Gasteiger partial charge >= 0.3 is 0 Å². The molecule has 0 unspecified atom stereocenters. The van der Waals surface area contributed by atoms with Crippen LogP contribution >= 0.6 is 0 Å². The molecule has 0 atom stereocenters. The molecule has 1 aliphatic heterocycles. The minimum Gasteiger partial charge on any atom is -0.496 e. The van der Waals surface area contributed by atoms with Gasteiger partial charge < -0.3 is 9.64 Å².